The van der Waals surface area contributed by atoms with Crippen molar-refractivity contribution >= 4 is 55.0 Å². The van der Waals surface area contributed by atoms with Crippen LogP contribution in [0.4, 0.5) is 0 Å². The van der Waals surface area contributed by atoms with Gasteiger partial charge in [-0.2, -0.15) is 0 Å². The van der Waals surface area contributed by atoms with Gasteiger partial charge in [-0.25, -0.2) is 12.4 Å². The number of aromatic nitrogens is 1. The smallest absolute Gasteiger partial charge is 0.268 e. The van der Waals surface area contributed by atoms with Crippen molar-refractivity contribution < 1.29 is 22.7 Å². The molecular weight excluding hydrogens is 584 g/mol. The molecule has 0 atom stereocenters. The predicted molar refractivity (Wildman–Crippen MR) is 169 cm³/mol. The highest BCUT2D eigenvalue weighted by Crippen LogP contribution is 2.35. The Bertz CT molecular complexity index is 2050. The van der Waals surface area contributed by atoms with E-state index in [0.29, 0.717) is 38.4 Å². The van der Waals surface area contributed by atoms with Gasteiger partial charge in [0.15, 0.2) is 6.61 Å². The van der Waals surface area contributed by atoms with Crippen molar-refractivity contribution in [2.24, 2.45) is 11.7 Å². The molecule has 220 valence electrons. The molecule has 1 aromatic heterocycles. The van der Waals surface area contributed by atoms with Crippen molar-refractivity contribution in [2.45, 2.75) is 44.9 Å². The molecule has 0 aliphatic heterocycles. The van der Waals surface area contributed by atoms with E-state index in [0.717, 1.165) is 35.8 Å². The first kappa shape index (κ1) is 29.0. The van der Waals surface area contributed by atoms with E-state index < -0.39 is 28.3 Å². The number of nitrogens with zero attached hydrogens (tertiary/aromatic N) is 1. The van der Waals surface area contributed by atoms with Crippen LogP contribution in [0.3, 0.4) is 0 Å². The van der Waals surface area contributed by atoms with Gasteiger partial charge in [0.2, 0.25) is 5.78 Å². The summed E-state index contributed by atoms with van der Waals surface area (Å²) in [4.78, 5) is 26.1. The molecule has 4 aromatic carbocycles. The predicted octanol–water partition coefficient (Wildman–Crippen LogP) is 6.92. The number of carbonyl (C=O) groups excluding carboxylic acids is 2. The molecule has 1 aliphatic rings. The van der Waals surface area contributed by atoms with Gasteiger partial charge >= 0.3 is 0 Å². The molecule has 1 fully saturated rings. The van der Waals surface area contributed by atoms with E-state index in [2.05, 4.69) is 0 Å². The second kappa shape index (κ2) is 10.8. The molecule has 1 aliphatic carbocycles. The van der Waals surface area contributed by atoms with Crippen LogP contribution in [0.15, 0.2) is 71.8 Å². The summed E-state index contributed by atoms with van der Waals surface area (Å²) in [7, 11) is -4.05. The zero-order valence-corrected chi connectivity index (χ0v) is 25.7. The molecule has 5 aromatic rings. The molecule has 1 saturated carbocycles. The number of nitrogens with two attached hydrogens (primary N) is 1. The Hall–Kier alpha value is -4.14. The largest absolute Gasteiger partial charge is 0.485 e. The number of rotatable bonds is 9. The molecular formula is C34H31ClN2O5S. The summed E-state index contributed by atoms with van der Waals surface area (Å²) in [6.07, 6.45) is 4.58. The van der Waals surface area contributed by atoms with Crippen LogP contribution in [-0.2, 0) is 16.4 Å². The lowest BCUT2D eigenvalue weighted by Crippen LogP contribution is -2.17. The van der Waals surface area contributed by atoms with Gasteiger partial charge in [-0.1, -0.05) is 47.5 Å². The number of benzene rings is 4. The second-order valence-electron chi connectivity index (χ2n) is 11.5. The lowest BCUT2D eigenvalue weighted by Gasteiger charge is -2.14. The molecule has 1 heterocycles. The normalized spacial score (nSPS) is 13.5. The fourth-order valence-electron chi connectivity index (χ4n) is 5.90. The van der Waals surface area contributed by atoms with Gasteiger partial charge in [0.1, 0.15) is 5.75 Å². The number of Topliss-reactive ketones (excluding diaryl/α,β-unsaturated/α-hetero) is 1. The van der Waals surface area contributed by atoms with E-state index in [9.17, 15) is 18.0 Å². The van der Waals surface area contributed by atoms with Gasteiger partial charge in [0.05, 0.1) is 16.0 Å². The maximum absolute atomic E-state index is 14.2. The summed E-state index contributed by atoms with van der Waals surface area (Å²) in [5.41, 5.74) is 9.67. The highest BCUT2D eigenvalue weighted by molar-refractivity contribution is 7.90. The first-order valence-corrected chi connectivity index (χ1v) is 15.9. The van der Waals surface area contributed by atoms with Gasteiger partial charge in [-0.15, -0.1) is 0 Å². The molecule has 0 saturated heterocycles. The third-order valence-corrected chi connectivity index (χ3v) is 10.2. The first-order valence-electron chi connectivity index (χ1n) is 14.1. The molecule has 0 radical (unpaired) electrons. The maximum Gasteiger partial charge on any atom is 0.268 e. The van der Waals surface area contributed by atoms with E-state index in [4.69, 9.17) is 22.1 Å². The summed E-state index contributed by atoms with van der Waals surface area (Å²) in [5, 5.41) is 2.49. The summed E-state index contributed by atoms with van der Waals surface area (Å²) >= 11 is 6.11. The van der Waals surface area contributed by atoms with Crippen LogP contribution < -0.4 is 10.5 Å². The van der Waals surface area contributed by atoms with E-state index in [1.165, 1.54) is 10.2 Å². The molecule has 1 amide bonds. The fraction of sp³-hybridized carbons (Fsp3) is 0.235. The van der Waals surface area contributed by atoms with Crippen LogP contribution in [0.1, 0.15) is 55.8 Å². The molecule has 6 rings (SSSR count). The van der Waals surface area contributed by atoms with Crippen LogP contribution in [0.25, 0.3) is 21.7 Å². The second-order valence-corrected chi connectivity index (χ2v) is 13.7. The van der Waals surface area contributed by atoms with Crippen molar-refractivity contribution in [1.82, 2.24) is 3.97 Å². The highest BCUT2D eigenvalue weighted by atomic mass is 35.5. The number of ether oxygens (including phenoxy) is 1. The zero-order valence-electron chi connectivity index (χ0n) is 24.1. The van der Waals surface area contributed by atoms with Crippen LogP contribution in [0, 0.1) is 26.7 Å². The van der Waals surface area contributed by atoms with Gasteiger partial charge in [0.25, 0.3) is 15.9 Å². The molecule has 0 spiro atoms. The number of amides is 1. The molecule has 0 bridgehead atoms. The molecule has 43 heavy (non-hydrogen) atoms. The minimum Gasteiger partial charge on any atom is -0.485 e. The van der Waals surface area contributed by atoms with Crippen molar-refractivity contribution in [3.05, 3.63) is 105 Å². The van der Waals surface area contributed by atoms with Crippen LogP contribution in [0.2, 0.25) is 5.02 Å². The fourth-order valence-corrected chi connectivity index (χ4v) is 7.86. The zero-order chi connectivity index (χ0) is 30.6. The number of ketones is 1. The Morgan fingerprint density at radius 3 is 2.33 bits per heavy atom. The summed E-state index contributed by atoms with van der Waals surface area (Å²) < 4.78 is 35.5. The maximum atomic E-state index is 14.2. The number of aryl methyl sites for hydroxylation is 3. The minimum atomic E-state index is -4.05. The summed E-state index contributed by atoms with van der Waals surface area (Å²) in [6.45, 7) is 5.07. The Morgan fingerprint density at radius 1 is 0.930 bits per heavy atom. The Balaban J connectivity index is 1.41. The Kier molecular flexibility index (Phi) is 7.30. The van der Waals surface area contributed by atoms with Crippen LogP contribution in [0.5, 0.6) is 5.75 Å². The molecule has 0 unspecified atom stereocenters. The Labute approximate surface area is 255 Å². The van der Waals surface area contributed by atoms with E-state index >= 15 is 0 Å². The standard InChI is InChI=1S/C34H31ClN2O5S/c1-19-10-20(2)33(21(3)11-19)43(40,41)37-17-29(27-9-6-23(13-30(27)37)12-22-4-5-22)31(38)18-42-32-16-24-7-8-26(35)14-25(24)15-28(32)34(36)39/h6-11,13-17,22H,4-5,12,18H2,1-3H3,(H2,36,39). The average Bonchev–Trinajstić information content (AvgIpc) is 3.66. The van der Waals surface area contributed by atoms with Crippen molar-refractivity contribution in [1.29, 1.82) is 0 Å². The van der Waals surface area contributed by atoms with Crippen LogP contribution in [-0.4, -0.2) is 30.7 Å². The molecule has 7 nitrogen and oxygen atoms in total. The monoisotopic (exact) mass is 614 g/mol. The summed E-state index contributed by atoms with van der Waals surface area (Å²) in [6, 6.07) is 17.8. The number of halogens is 1. The lowest BCUT2D eigenvalue weighted by atomic mass is 10.0. The number of fused-ring (bicyclic) bond motifs is 2. The van der Waals surface area contributed by atoms with E-state index in [-0.39, 0.29) is 21.8 Å². The van der Waals surface area contributed by atoms with E-state index in [1.807, 2.05) is 37.3 Å². The topological polar surface area (TPSA) is 108 Å². The number of carbonyl (C=O) groups is 2. The number of hydrogen-bond acceptors (Lipinski definition) is 5. The summed E-state index contributed by atoms with van der Waals surface area (Å²) in [5.74, 6) is -0.382. The van der Waals surface area contributed by atoms with E-state index in [1.54, 1.807) is 44.2 Å². The SMILES string of the molecule is Cc1cc(C)c(S(=O)(=O)n2cc(C(=O)COc3cc4ccc(Cl)cc4cc3C(N)=O)c3ccc(CC4CC4)cc32)c(C)c1. The quantitative estimate of drug-likeness (QED) is 0.181. The number of hydrogen-bond donors (Lipinski definition) is 1. The van der Waals surface area contributed by atoms with Crippen molar-refractivity contribution in [3.63, 3.8) is 0 Å². The highest BCUT2D eigenvalue weighted by Gasteiger charge is 2.28. The van der Waals surface area contributed by atoms with Crippen molar-refractivity contribution in [3.8, 4) is 5.75 Å². The van der Waals surface area contributed by atoms with Gasteiger partial charge in [-0.3, -0.25) is 9.59 Å². The first-order chi connectivity index (χ1) is 20.4. The van der Waals surface area contributed by atoms with Crippen LogP contribution >= 0.6 is 11.6 Å². The average molecular weight is 615 g/mol. The lowest BCUT2D eigenvalue weighted by molar-refractivity contribution is 0.0914. The minimum absolute atomic E-state index is 0.114. The third-order valence-electron chi connectivity index (χ3n) is 8.00. The molecule has 2 N–H and O–H groups in total. The molecule has 9 heteroatoms. The van der Waals surface area contributed by atoms with Gasteiger partial charge in [0, 0.05) is 22.2 Å². The Morgan fingerprint density at radius 2 is 1.65 bits per heavy atom. The third kappa shape index (κ3) is 5.53. The number of primary amides is 1. The van der Waals surface area contributed by atoms with Gasteiger partial charge in [-0.05, 0) is 104 Å². The van der Waals surface area contributed by atoms with Crippen molar-refractivity contribution in [2.75, 3.05) is 6.61 Å². The van der Waals surface area contributed by atoms with Gasteiger partial charge < -0.3 is 10.5 Å².